The molecule has 0 amide bonds. The maximum absolute atomic E-state index is 12.4. The number of hydrogen-bond donors (Lipinski definition) is 0. The molecule has 2 aromatic carbocycles. The van der Waals surface area contributed by atoms with Crippen molar-refractivity contribution in [3.8, 4) is 11.1 Å². The molecule has 0 atom stereocenters. The van der Waals surface area contributed by atoms with Crippen molar-refractivity contribution in [3.05, 3.63) is 58.7 Å². The summed E-state index contributed by atoms with van der Waals surface area (Å²) in [4.78, 5) is 0. The second kappa shape index (κ2) is 8.62. The molecule has 0 bridgehead atoms. The zero-order valence-electron chi connectivity index (χ0n) is 16.6. The van der Waals surface area contributed by atoms with Gasteiger partial charge in [0.1, 0.15) is 0 Å². The molecule has 0 spiro atoms. The second-order valence-corrected chi connectivity index (χ2v) is 11.3. The molecular formula is C20H26O6P2. The van der Waals surface area contributed by atoms with Crippen molar-refractivity contribution in [1.82, 2.24) is 0 Å². The van der Waals surface area contributed by atoms with Crippen LogP contribution >= 0.6 is 15.2 Å². The molecule has 152 valence electrons. The van der Waals surface area contributed by atoms with Crippen LogP contribution in [0.1, 0.15) is 22.3 Å². The summed E-state index contributed by atoms with van der Waals surface area (Å²) in [5.74, 6) is 0. The van der Waals surface area contributed by atoms with Crippen LogP contribution in [0.15, 0.2) is 36.4 Å². The van der Waals surface area contributed by atoms with Gasteiger partial charge in [-0.05, 0) is 46.2 Å². The molecule has 0 aliphatic heterocycles. The van der Waals surface area contributed by atoms with E-state index in [1.807, 2.05) is 12.1 Å². The van der Waals surface area contributed by atoms with Crippen molar-refractivity contribution in [1.29, 1.82) is 0 Å². The smallest absolute Gasteiger partial charge is 0.312 e. The predicted octanol–water partition coefficient (Wildman–Crippen LogP) is 5.42. The van der Waals surface area contributed by atoms with E-state index >= 15 is 0 Å². The lowest BCUT2D eigenvalue weighted by Crippen LogP contribution is -2.06. The molecule has 0 saturated heterocycles. The average Bonchev–Trinajstić information content (AvgIpc) is 2.73. The van der Waals surface area contributed by atoms with Gasteiger partial charge in [-0.25, -0.2) is 0 Å². The monoisotopic (exact) mass is 424 g/mol. The first kappa shape index (κ1) is 21.4. The van der Waals surface area contributed by atoms with E-state index < -0.39 is 15.2 Å². The minimum atomic E-state index is -3.09. The third-order valence-electron chi connectivity index (χ3n) is 5.16. The normalized spacial score (nSPS) is 13.9. The molecular weight excluding hydrogens is 398 g/mol. The fraction of sp³-hybridized carbons (Fsp3) is 0.400. The molecule has 3 rings (SSSR count). The quantitative estimate of drug-likeness (QED) is 0.527. The minimum Gasteiger partial charge on any atom is -0.312 e. The van der Waals surface area contributed by atoms with Gasteiger partial charge in [0, 0.05) is 28.4 Å². The molecule has 6 nitrogen and oxygen atoms in total. The number of benzene rings is 2. The Morgan fingerprint density at radius 2 is 1.04 bits per heavy atom. The summed E-state index contributed by atoms with van der Waals surface area (Å²) in [5, 5.41) is 0. The summed E-state index contributed by atoms with van der Waals surface area (Å²) in [6.07, 6.45) is 2.27. The summed E-state index contributed by atoms with van der Waals surface area (Å²) in [5.41, 5.74) is 6.65. The molecule has 1 aliphatic carbocycles. The van der Waals surface area contributed by atoms with Gasteiger partial charge in [0.15, 0.2) is 0 Å². The van der Waals surface area contributed by atoms with Gasteiger partial charge in [-0.2, -0.15) is 0 Å². The van der Waals surface area contributed by atoms with Gasteiger partial charge in [0.25, 0.3) is 0 Å². The van der Waals surface area contributed by atoms with Crippen LogP contribution in [0.5, 0.6) is 0 Å². The van der Waals surface area contributed by atoms with Gasteiger partial charge >= 0.3 is 15.2 Å². The maximum Gasteiger partial charge on any atom is 0.334 e. The average molecular weight is 424 g/mol. The lowest BCUT2D eigenvalue weighted by atomic mass is 9.84. The zero-order chi connectivity index (χ0) is 20.4. The molecule has 28 heavy (non-hydrogen) atoms. The molecule has 2 aromatic rings. The van der Waals surface area contributed by atoms with Crippen LogP contribution < -0.4 is 0 Å². The number of rotatable bonds is 8. The highest BCUT2D eigenvalue weighted by Crippen LogP contribution is 2.51. The lowest BCUT2D eigenvalue weighted by Gasteiger charge is -2.23. The zero-order valence-corrected chi connectivity index (χ0v) is 18.4. The number of fused-ring (bicyclic) bond motifs is 3. The Bertz CT molecular complexity index is 862. The Morgan fingerprint density at radius 3 is 1.36 bits per heavy atom. The van der Waals surface area contributed by atoms with Gasteiger partial charge in [-0.1, -0.05) is 36.4 Å². The molecule has 0 N–H and O–H groups in total. The fourth-order valence-corrected chi connectivity index (χ4v) is 5.66. The highest BCUT2D eigenvalue weighted by atomic mass is 31.2. The van der Waals surface area contributed by atoms with E-state index in [0.717, 1.165) is 24.0 Å². The Labute approximate surface area is 166 Å². The fourth-order valence-electron chi connectivity index (χ4n) is 3.55. The first-order valence-corrected chi connectivity index (χ1v) is 12.5. The number of aryl methyl sites for hydroxylation is 2. The van der Waals surface area contributed by atoms with E-state index in [1.165, 1.54) is 50.7 Å². The van der Waals surface area contributed by atoms with Crippen molar-refractivity contribution >= 4 is 15.2 Å². The summed E-state index contributed by atoms with van der Waals surface area (Å²) < 4.78 is 45.0. The first-order valence-electron chi connectivity index (χ1n) is 9.00. The second-order valence-electron chi connectivity index (χ2n) is 6.75. The first-order chi connectivity index (χ1) is 13.3. The molecule has 0 unspecified atom stereocenters. The van der Waals surface area contributed by atoms with Crippen molar-refractivity contribution < 1.29 is 27.2 Å². The molecule has 0 fully saturated rings. The van der Waals surface area contributed by atoms with Crippen LogP contribution in [0.25, 0.3) is 11.1 Å². The topological polar surface area (TPSA) is 71.1 Å². The Hall–Kier alpha value is -1.26. The van der Waals surface area contributed by atoms with Gasteiger partial charge in [-0.15, -0.1) is 0 Å². The molecule has 0 aromatic heterocycles. The highest BCUT2D eigenvalue weighted by molar-refractivity contribution is 7.53. The van der Waals surface area contributed by atoms with E-state index in [4.69, 9.17) is 18.1 Å². The predicted molar refractivity (Wildman–Crippen MR) is 110 cm³/mol. The summed E-state index contributed by atoms with van der Waals surface area (Å²) in [6.45, 7) is 0. The molecule has 0 heterocycles. The van der Waals surface area contributed by atoms with Crippen LogP contribution in [-0.4, -0.2) is 28.4 Å². The molecule has 8 heteroatoms. The van der Waals surface area contributed by atoms with Crippen molar-refractivity contribution in [2.75, 3.05) is 28.4 Å². The van der Waals surface area contributed by atoms with Gasteiger partial charge in [0.2, 0.25) is 0 Å². The standard InChI is InChI=1S/C20H26O6P2/c1-23-27(21,24-2)13-15-5-9-19-17(11-15)7-8-18-12-16(6-10-20(18)19)14-28(22,25-3)26-4/h5-6,9-12H,7-8,13-14H2,1-4H3. The Balaban J connectivity index is 1.88. The SMILES string of the molecule is COP(=O)(Cc1ccc2c(c1)CCc1cc(CP(=O)(OC)OC)ccc1-2)OC. The third-order valence-corrected chi connectivity index (χ3v) is 8.89. The van der Waals surface area contributed by atoms with Gasteiger partial charge in [-0.3, -0.25) is 9.13 Å². The summed E-state index contributed by atoms with van der Waals surface area (Å²) in [7, 11) is -0.555. The summed E-state index contributed by atoms with van der Waals surface area (Å²) >= 11 is 0. The largest absolute Gasteiger partial charge is 0.334 e. The van der Waals surface area contributed by atoms with Crippen LogP contribution in [0.3, 0.4) is 0 Å². The third kappa shape index (κ3) is 4.49. The van der Waals surface area contributed by atoms with Crippen LogP contribution in [-0.2, 0) is 52.4 Å². The Morgan fingerprint density at radius 1 is 0.679 bits per heavy atom. The minimum absolute atomic E-state index is 0.252. The molecule has 0 radical (unpaired) electrons. The highest BCUT2D eigenvalue weighted by Gasteiger charge is 2.25. The van der Waals surface area contributed by atoms with Gasteiger partial charge in [0.05, 0.1) is 12.3 Å². The van der Waals surface area contributed by atoms with Crippen molar-refractivity contribution in [2.45, 2.75) is 25.2 Å². The van der Waals surface area contributed by atoms with Crippen LogP contribution in [0.2, 0.25) is 0 Å². The van der Waals surface area contributed by atoms with Crippen molar-refractivity contribution in [3.63, 3.8) is 0 Å². The lowest BCUT2D eigenvalue weighted by molar-refractivity contribution is 0.274. The van der Waals surface area contributed by atoms with E-state index in [2.05, 4.69) is 24.3 Å². The van der Waals surface area contributed by atoms with Gasteiger partial charge < -0.3 is 18.1 Å². The molecule has 0 saturated carbocycles. The van der Waals surface area contributed by atoms with E-state index in [-0.39, 0.29) is 12.3 Å². The molecule has 1 aliphatic rings. The van der Waals surface area contributed by atoms with E-state index in [9.17, 15) is 9.13 Å². The Kier molecular flexibility index (Phi) is 6.61. The van der Waals surface area contributed by atoms with Crippen LogP contribution in [0.4, 0.5) is 0 Å². The maximum atomic E-state index is 12.4. The van der Waals surface area contributed by atoms with Crippen molar-refractivity contribution in [2.24, 2.45) is 0 Å². The summed E-state index contributed by atoms with van der Waals surface area (Å²) in [6, 6.07) is 12.2. The van der Waals surface area contributed by atoms with E-state index in [1.54, 1.807) is 0 Å². The van der Waals surface area contributed by atoms with E-state index in [0.29, 0.717) is 0 Å². The van der Waals surface area contributed by atoms with Crippen LogP contribution in [0, 0.1) is 0 Å². The number of hydrogen-bond acceptors (Lipinski definition) is 6.